The molecule has 0 unspecified atom stereocenters. The Morgan fingerprint density at radius 1 is 1.26 bits per heavy atom. The summed E-state index contributed by atoms with van der Waals surface area (Å²) in [7, 11) is 0. The topological polar surface area (TPSA) is 75.7 Å². The minimum Gasteiger partial charge on any atom is -0.452 e. The quantitative estimate of drug-likeness (QED) is 0.843. The van der Waals surface area contributed by atoms with Crippen LogP contribution in [0.4, 0.5) is 15.8 Å². The second kappa shape index (κ2) is 7.57. The molecule has 1 aliphatic heterocycles. The molecule has 140 valence electrons. The minimum absolute atomic E-state index is 0.0731. The van der Waals surface area contributed by atoms with E-state index in [9.17, 15) is 18.8 Å². The van der Waals surface area contributed by atoms with Crippen LogP contribution >= 0.6 is 0 Å². The van der Waals surface area contributed by atoms with E-state index in [4.69, 9.17) is 4.74 Å². The van der Waals surface area contributed by atoms with Gasteiger partial charge >= 0.3 is 5.97 Å². The van der Waals surface area contributed by atoms with Crippen molar-refractivity contribution in [2.75, 3.05) is 16.8 Å². The van der Waals surface area contributed by atoms with Crippen LogP contribution in [0.5, 0.6) is 0 Å². The first kappa shape index (κ1) is 18.6. The zero-order valence-corrected chi connectivity index (χ0v) is 15.0. The third-order valence-corrected chi connectivity index (χ3v) is 4.37. The van der Waals surface area contributed by atoms with E-state index < -0.39 is 30.3 Å². The van der Waals surface area contributed by atoms with Crippen LogP contribution in [0.15, 0.2) is 42.5 Å². The summed E-state index contributed by atoms with van der Waals surface area (Å²) >= 11 is 0. The lowest BCUT2D eigenvalue weighted by Crippen LogP contribution is -2.41. The number of fused-ring (bicyclic) bond motifs is 1. The number of rotatable bonds is 3. The molecule has 1 heterocycles. The van der Waals surface area contributed by atoms with E-state index in [2.05, 4.69) is 5.32 Å². The van der Waals surface area contributed by atoms with E-state index in [1.165, 1.54) is 17.0 Å². The van der Waals surface area contributed by atoms with Gasteiger partial charge in [0.1, 0.15) is 5.82 Å². The summed E-state index contributed by atoms with van der Waals surface area (Å²) in [5.74, 6) is -1.99. The Labute approximate surface area is 155 Å². The van der Waals surface area contributed by atoms with Gasteiger partial charge in [-0.15, -0.1) is 0 Å². The van der Waals surface area contributed by atoms with Gasteiger partial charge in [-0.05, 0) is 43.7 Å². The molecule has 2 aromatic carbocycles. The fourth-order valence-corrected chi connectivity index (χ4v) is 3.06. The number of anilines is 2. The Hall–Kier alpha value is -3.22. The van der Waals surface area contributed by atoms with Gasteiger partial charge in [0.05, 0.1) is 16.9 Å². The van der Waals surface area contributed by atoms with Crippen LogP contribution in [0.25, 0.3) is 0 Å². The fraction of sp³-hybridized carbons (Fsp3) is 0.250. The molecule has 2 aromatic rings. The number of nitrogens with one attached hydrogen (secondary N) is 1. The summed E-state index contributed by atoms with van der Waals surface area (Å²) < 4.78 is 18.5. The summed E-state index contributed by atoms with van der Waals surface area (Å²) in [5.41, 5.74) is 1.69. The summed E-state index contributed by atoms with van der Waals surface area (Å²) in [4.78, 5) is 38.4. The number of carbonyl (C=O) groups excluding carboxylic acids is 3. The maximum Gasteiger partial charge on any atom is 0.339 e. The SMILES string of the molecule is Cc1ccc(F)cc1C(=O)OCC(=O)N1c2ccccc2NC(=O)C[C@H]1C. The average molecular weight is 370 g/mol. The van der Waals surface area contributed by atoms with Gasteiger partial charge in [-0.3, -0.25) is 9.59 Å². The van der Waals surface area contributed by atoms with E-state index in [0.29, 0.717) is 16.9 Å². The molecule has 6 nitrogen and oxygen atoms in total. The van der Waals surface area contributed by atoms with Gasteiger partial charge in [0, 0.05) is 12.5 Å². The molecule has 1 aliphatic rings. The number of nitrogens with zero attached hydrogens (tertiary/aromatic N) is 1. The molecule has 0 bridgehead atoms. The molecule has 0 aromatic heterocycles. The molecule has 0 aliphatic carbocycles. The minimum atomic E-state index is -0.773. The first-order valence-electron chi connectivity index (χ1n) is 8.51. The van der Waals surface area contributed by atoms with Crippen LogP contribution in [-0.4, -0.2) is 30.4 Å². The highest BCUT2D eigenvalue weighted by molar-refractivity contribution is 6.05. The smallest absolute Gasteiger partial charge is 0.339 e. The second-order valence-corrected chi connectivity index (χ2v) is 6.42. The van der Waals surface area contributed by atoms with Gasteiger partial charge in [0.15, 0.2) is 6.61 Å². The number of halogens is 1. The van der Waals surface area contributed by atoms with Gasteiger partial charge in [-0.2, -0.15) is 0 Å². The molecule has 1 atom stereocenters. The molecule has 2 amide bonds. The molecule has 27 heavy (non-hydrogen) atoms. The van der Waals surface area contributed by atoms with Gasteiger partial charge in [0.2, 0.25) is 5.91 Å². The van der Waals surface area contributed by atoms with Gasteiger partial charge in [-0.25, -0.2) is 9.18 Å². The number of carbonyl (C=O) groups is 3. The van der Waals surface area contributed by atoms with Crippen molar-refractivity contribution >= 4 is 29.2 Å². The number of ether oxygens (including phenoxy) is 1. The van der Waals surface area contributed by atoms with E-state index in [-0.39, 0.29) is 17.9 Å². The third-order valence-electron chi connectivity index (χ3n) is 4.37. The van der Waals surface area contributed by atoms with Crippen molar-refractivity contribution in [2.24, 2.45) is 0 Å². The summed E-state index contributed by atoms with van der Waals surface area (Å²) in [6.07, 6.45) is 0.122. The van der Waals surface area contributed by atoms with Crippen molar-refractivity contribution < 1.29 is 23.5 Å². The van der Waals surface area contributed by atoms with Crippen molar-refractivity contribution in [3.8, 4) is 0 Å². The Bertz CT molecular complexity index is 913. The number of amides is 2. The van der Waals surface area contributed by atoms with Crippen molar-refractivity contribution in [3.05, 3.63) is 59.4 Å². The number of esters is 1. The van der Waals surface area contributed by atoms with Crippen molar-refractivity contribution in [1.82, 2.24) is 0 Å². The van der Waals surface area contributed by atoms with Gasteiger partial charge in [-0.1, -0.05) is 18.2 Å². The van der Waals surface area contributed by atoms with E-state index >= 15 is 0 Å². The van der Waals surface area contributed by atoms with E-state index in [1.54, 1.807) is 38.1 Å². The molecule has 0 saturated carbocycles. The number of para-hydroxylation sites is 2. The second-order valence-electron chi connectivity index (χ2n) is 6.42. The van der Waals surface area contributed by atoms with E-state index in [1.807, 2.05) is 0 Å². The van der Waals surface area contributed by atoms with Crippen LogP contribution in [-0.2, 0) is 14.3 Å². The molecule has 1 N–H and O–H groups in total. The Balaban J connectivity index is 1.78. The molecule has 7 heteroatoms. The number of hydrogen-bond donors (Lipinski definition) is 1. The zero-order valence-electron chi connectivity index (χ0n) is 15.0. The van der Waals surface area contributed by atoms with Crippen LogP contribution < -0.4 is 10.2 Å². The summed E-state index contributed by atoms with van der Waals surface area (Å²) in [6.45, 7) is 2.89. The highest BCUT2D eigenvalue weighted by Crippen LogP contribution is 2.31. The normalized spacial score (nSPS) is 16.2. The Morgan fingerprint density at radius 3 is 2.78 bits per heavy atom. The maximum atomic E-state index is 13.4. The number of hydrogen-bond acceptors (Lipinski definition) is 4. The lowest BCUT2D eigenvalue weighted by molar-refractivity contribution is -0.122. The standard InChI is InChI=1S/C20H19FN2O4/c1-12-7-8-14(21)10-15(12)20(26)27-11-19(25)23-13(2)9-18(24)22-16-5-3-4-6-17(16)23/h3-8,10,13H,9,11H2,1-2H3,(H,22,24)/t13-/m1/s1. The number of benzene rings is 2. The molecule has 3 rings (SSSR count). The highest BCUT2D eigenvalue weighted by atomic mass is 19.1. The largest absolute Gasteiger partial charge is 0.452 e. The Kier molecular flexibility index (Phi) is 5.21. The summed E-state index contributed by atoms with van der Waals surface area (Å²) in [5, 5.41) is 2.76. The van der Waals surface area contributed by atoms with Crippen molar-refractivity contribution in [2.45, 2.75) is 26.3 Å². The van der Waals surface area contributed by atoms with Crippen LogP contribution in [0.2, 0.25) is 0 Å². The zero-order chi connectivity index (χ0) is 19.6. The van der Waals surface area contributed by atoms with Crippen LogP contribution in [0, 0.1) is 12.7 Å². The predicted molar refractivity (Wildman–Crippen MR) is 98.1 cm³/mol. The first-order chi connectivity index (χ1) is 12.9. The van der Waals surface area contributed by atoms with Crippen molar-refractivity contribution in [1.29, 1.82) is 0 Å². The fourth-order valence-electron chi connectivity index (χ4n) is 3.06. The molecule has 0 radical (unpaired) electrons. The van der Waals surface area contributed by atoms with Crippen LogP contribution in [0.1, 0.15) is 29.3 Å². The predicted octanol–water partition coefficient (Wildman–Crippen LogP) is 3.05. The lowest BCUT2D eigenvalue weighted by atomic mass is 10.1. The Morgan fingerprint density at radius 2 is 2.00 bits per heavy atom. The average Bonchev–Trinajstić information content (AvgIpc) is 2.75. The van der Waals surface area contributed by atoms with Gasteiger partial charge < -0.3 is 15.0 Å². The molecule has 0 fully saturated rings. The molecular formula is C20H19FN2O4. The lowest BCUT2D eigenvalue weighted by Gasteiger charge is -2.27. The highest BCUT2D eigenvalue weighted by Gasteiger charge is 2.30. The molecule has 0 spiro atoms. The first-order valence-corrected chi connectivity index (χ1v) is 8.51. The van der Waals surface area contributed by atoms with Gasteiger partial charge in [0.25, 0.3) is 5.91 Å². The number of aryl methyl sites for hydroxylation is 1. The van der Waals surface area contributed by atoms with Crippen LogP contribution in [0.3, 0.4) is 0 Å². The van der Waals surface area contributed by atoms with Crippen molar-refractivity contribution in [3.63, 3.8) is 0 Å². The maximum absolute atomic E-state index is 13.4. The third kappa shape index (κ3) is 3.97. The molecule has 0 saturated heterocycles. The molecular weight excluding hydrogens is 351 g/mol. The monoisotopic (exact) mass is 370 g/mol. The summed E-state index contributed by atoms with van der Waals surface area (Å²) in [6, 6.07) is 10.3. The van der Waals surface area contributed by atoms with E-state index in [0.717, 1.165) is 6.07 Å².